The van der Waals surface area contributed by atoms with Crippen LogP contribution in [0.5, 0.6) is 0 Å². The van der Waals surface area contributed by atoms with Crippen LogP contribution in [0.2, 0.25) is 0 Å². The van der Waals surface area contributed by atoms with Crippen LogP contribution in [0.25, 0.3) is 0 Å². The summed E-state index contributed by atoms with van der Waals surface area (Å²) in [5.74, 6) is 0.931. The van der Waals surface area contributed by atoms with E-state index >= 15 is 0 Å². The summed E-state index contributed by atoms with van der Waals surface area (Å²) < 4.78 is 5.16. The lowest BCUT2D eigenvalue weighted by Gasteiger charge is -2.15. The molecule has 0 bridgehead atoms. The Morgan fingerprint density at radius 3 is 3.00 bits per heavy atom. The Hall–Kier alpha value is -1.25. The van der Waals surface area contributed by atoms with E-state index in [2.05, 4.69) is 6.58 Å². The second-order valence-corrected chi connectivity index (χ2v) is 2.16. The molecule has 0 saturated carbocycles. The molecule has 0 aromatic carbocycles. The molecule has 1 rings (SSSR count). The van der Waals surface area contributed by atoms with Gasteiger partial charge >= 0.3 is 0 Å². The van der Waals surface area contributed by atoms with E-state index in [1.807, 2.05) is 30.4 Å². The van der Waals surface area contributed by atoms with E-state index in [0.29, 0.717) is 0 Å². The Kier molecular flexibility index (Phi) is 4.03. The van der Waals surface area contributed by atoms with E-state index in [0.717, 1.165) is 12.2 Å². The van der Waals surface area contributed by atoms with Crippen molar-refractivity contribution in [3.8, 4) is 0 Å². The molecule has 3 heteroatoms. The topological polar surface area (TPSA) is 12.5 Å². The van der Waals surface area contributed by atoms with E-state index in [1.165, 1.54) is 0 Å². The highest BCUT2D eigenvalue weighted by molar-refractivity contribution is 5.04. The lowest BCUT2D eigenvalue weighted by Crippen LogP contribution is -2.07. The van der Waals surface area contributed by atoms with Crippen LogP contribution in [0, 0.1) is 0 Å². The molecular formula is C8H12FNO. The van der Waals surface area contributed by atoms with Crippen molar-refractivity contribution in [2.45, 2.75) is 6.42 Å². The average Bonchev–Trinajstić information content (AvgIpc) is 1.88. The number of allylic oxidation sites excluding steroid dienone is 1. The van der Waals surface area contributed by atoms with Gasteiger partial charge in [0.1, 0.15) is 12.0 Å². The SMILES string of the molecule is C=CCC1=CN(C)C=CO1.F. The van der Waals surface area contributed by atoms with Gasteiger partial charge in [-0.15, -0.1) is 6.58 Å². The monoisotopic (exact) mass is 157 g/mol. The largest absolute Gasteiger partial charge is 0.466 e. The first-order valence-electron chi connectivity index (χ1n) is 3.20. The molecule has 0 amide bonds. The third-order valence-electron chi connectivity index (χ3n) is 1.21. The molecular weight excluding hydrogens is 145 g/mol. The molecule has 0 aromatic rings. The summed E-state index contributed by atoms with van der Waals surface area (Å²) in [4.78, 5) is 1.95. The highest BCUT2D eigenvalue weighted by atomic mass is 19.0. The lowest BCUT2D eigenvalue weighted by atomic mass is 10.3. The molecule has 0 atom stereocenters. The Balaban J connectivity index is 0.000001000. The van der Waals surface area contributed by atoms with Gasteiger partial charge in [0.25, 0.3) is 0 Å². The number of hydrogen-bond acceptors (Lipinski definition) is 2. The van der Waals surface area contributed by atoms with Gasteiger partial charge in [0, 0.05) is 25.9 Å². The fourth-order valence-corrected chi connectivity index (χ4v) is 0.757. The maximum Gasteiger partial charge on any atom is 0.123 e. The van der Waals surface area contributed by atoms with Crippen molar-refractivity contribution in [1.29, 1.82) is 0 Å². The molecule has 1 aliphatic heterocycles. The lowest BCUT2D eigenvalue weighted by molar-refractivity contribution is 0.306. The maximum atomic E-state index is 5.16. The third-order valence-corrected chi connectivity index (χ3v) is 1.21. The van der Waals surface area contributed by atoms with Gasteiger partial charge in [-0.1, -0.05) is 6.08 Å². The fourth-order valence-electron chi connectivity index (χ4n) is 0.757. The Morgan fingerprint density at radius 1 is 1.73 bits per heavy atom. The molecule has 1 heterocycles. The molecule has 2 nitrogen and oxygen atoms in total. The zero-order chi connectivity index (χ0) is 7.40. The fraction of sp³-hybridized carbons (Fsp3) is 0.250. The van der Waals surface area contributed by atoms with Gasteiger partial charge in [0.05, 0.1) is 0 Å². The second-order valence-electron chi connectivity index (χ2n) is 2.16. The smallest absolute Gasteiger partial charge is 0.123 e. The first-order valence-corrected chi connectivity index (χ1v) is 3.20. The maximum absolute atomic E-state index is 5.16. The van der Waals surface area contributed by atoms with Gasteiger partial charge in [-0.05, 0) is 0 Å². The molecule has 0 aromatic heterocycles. The molecule has 0 fully saturated rings. The number of ether oxygens (including phenoxy) is 1. The molecule has 0 aliphatic carbocycles. The molecule has 0 radical (unpaired) electrons. The molecule has 0 saturated heterocycles. The predicted octanol–water partition coefficient (Wildman–Crippen LogP) is 1.99. The zero-order valence-electron chi connectivity index (χ0n) is 6.49. The molecule has 62 valence electrons. The quantitative estimate of drug-likeness (QED) is 0.568. The number of halogens is 1. The Morgan fingerprint density at radius 2 is 2.45 bits per heavy atom. The van der Waals surface area contributed by atoms with Crippen molar-refractivity contribution in [2.24, 2.45) is 0 Å². The Labute approximate surface area is 65.8 Å². The van der Waals surface area contributed by atoms with Crippen LogP contribution in [0.1, 0.15) is 6.42 Å². The van der Waals surface area contributed by atoms with Crippen molar-refractivity contribution in [2.75, 3.05) is 7.05 Å². The first kappa shape index (κ1) is 9.75. The van der Waals surface area contributed by atoms with E-state index in [1.54, 1.807) is 6.26 Å². The number of hydrogen-bond donors (Lipinski definition) is 0. The van der Waals surface area contributed by atoms with Crippen LogP contribution in [-0.4, -0.2) is 11.9 Å². The second kappa shape index (κ2) is 4.55. The van der Waals surface area contributed by atoms with Crippen molar-refractivity contribution >= 4 is 0 Å². The van der Waals surface area contributed by atoms with E-state index in [9.17, 15) is 0 Å². The van der Waals surface area contributed by atoms with Crippen LogP contribution in [-0.2, 0) is 4.74 Å². The Bertz CT molecular complexity index is 183. The van der Waals surface area contributed by atoms with E-state index < -0.39 is 0 Å². The number of nitrogens with zero attached hydrogens (tertiary/aromatic N) is 1. The van der Waals surface area contributed by atoms with Gasteiger partial charge < -0.3 is 9.64 Å². The highest BCUT2D eigenvalue weighted by Crippen LogP contribution is 2.10. The summed E-state index contributed by atoms with van der Waals surface area (Å²) in [5, 5.41) is 0. The van der Waals surface area contributed by atoms with Crippen LogP contribution in [0.3, 0.4) is 0 Å². The summed E-state index contributed by atoms with van der Waals surface area (Å²) >= 11 is 0. The molecule has 0 N–H and O–H groups in total. The number of rotatable bonds is 2. The standard InChI is InChI=1S/C8H11NO.FH/c1-3-4-8-7-9(2)5-6-10-8;/h3,5-7H,1,4H2,2H3;1H. The summed E-state index contributed by atoms with van der Waals surface area (Å²) in [6.07, 6.45) is 8.06. The zero-order valence-corrected chi connectivity index (χ0v) is 6.49. The van der Waals surface area contributed by atoms with Gasteiger partial charge in [0.15, 0.2) is 0 Å². The van der Waals surface area contributed by atoms with Crippen molar-refractivity contribution in [3.63, 3.8) is 0 Å². The molecule has 1 aliphatic rings. The van der Waals surface area contributed by atoms with Gasteiger partial charge in [-0.3, -0.25) is 4.70 Å². The minimum Gasteiger partial charge on any atom is -0.466 e. The average molecular weight is 157 g/mol. The van der Waals surface area contributed by atoms with Crippen molar-refractivity contribution < 1.29 is 9.44 Å². The first-order chi connectivity index (χ1) is 4.83. The molecule has 0 spiro atoms. The molecule has 11 heavy (non-hydrogen) atoms. The normalized spacial score (nSPS) is 14.6. The van der Waals surface area contributed by atoms with Gasteiger partial charge in [-0.2, -0.15) is 0 Å². The third kappa shape index (κ3) is 2.89. The van der Waals surface area contributed by atoms with Crippen molar-refractivity contribution in [3.05, 3.63) is 37.1 Å². The van der Waals surface area contributed by atoms with Gasteiger partial charge in [-0.25, -0.2) is 0 Å². The minimum atomic E-state index is 0. The molecule has 0 unspecified atom stereocenters. The van der Waals surface area contributed by atoms with Gasteiger partial charge in [0.2, 0.25) is 0 Å². The van der Waals surface area contributed by atoms with E-state index in [4.69, 9.17) is 4.74 Å². The summed E-state index contributed by atoms with van der Waals surface area (Å²) in [6.45, 7) is 3.62. The van der Waals surface area contributed by atoms with Crippen LogP contribution >= 0.6 is 0 Å². The van der Waals surface area contributed by atoms with Crippen LogP contribution in [0.4, 0.5) is 4.70 Å². The van der Waals surface area contributed by atoms with Crippen molar-refractivity contribution in [1.82, 2.24) is 4.90 Å². The minimum absolute atomic E-state index is 0. The predicted molar refractivity (Wildman–Crippen MR) is 43.4 cm³/mol. The van der Waals surface area contributed by atoms with Crippen LogP contribution < -0.4 is 0 Å². The van der Waals surface area contributed by atoms with Crippen LogP contribution in [0.15, 0.2) is 37.1 Å². The highest BCUT2D eigenvalue weighted by Gasteiger charge is 1.99. The summed E-state index contributed by atoms with van der Waals surface area (Å²) in [5.41, 5.74) is 0. The summed E-state index contributed by atoms with van der Waals surface area (Å²) in [7, 11) is 1.96. The van der Waals surface area contributed by atoms with E-state index in [-0.39, 0.29) is 4.70 Å². The summed E-state index contributed by atoms with van der Waals surface area (Å²) in [6, 6.07) is 0.